The average Bonchev–Trinajstić information content (AvgIpc) is 2.29. The average molecular weight is 257 g/mol. The van der Waals surface area contributed by atoms with Crippen molar-refractivity contribution < 1.29 is 17.9 Å². The van der Waals surface area contributed by atoms with Gasteiger partial charge in [0.05, 0.1) is 30.2 Å². The molecule has 1 unspecified atom stereocenters. The number of rotatable bonds is 5. The molecule has 0 N–H and O–H groups in total. The van der Waals surface area contributed by atoms with Crippen LogP contribution in [0.1, 0.15) is 19.0 Å². The van der Waals surface area contributed by atoms with E-state index < -0.39 is 21.1 Å². The Hall–Kier alpha value is -1.43. The number of hydrogen-bond donors (Lipinski definition) is 0. The van der Waals surface area contributed by atoms with Crippen molar-refractivity contribution in [3.05, 3.63) is 30.1 Å². The number of carbonyl (C=O) groups excluding carboxylic acids is 1. The van der Waals surface area contributed by atoms with Crippen LogP contribution in [0.4, 0.5) is 0 Å². The number of hydrogen-bond acceptors (Lipinski definition) is 5. The molecule has 0 aliphatic rings. The second-order valence-corrected chi connectivity index (χ2v) is 6.14. The molecular weight excluding hydrogens is 242 g/mol. The highest BCUT2D eigenvalue weighted by Crippen LogP contribution is 2.12. The third-order valence-electron chi connectivity index (χ3n) is 2.37. The summed E-state index contributed by atoms with van der Waals surface area (Å²) in [5.41, 5.74) is 0.476. The van der Waals surface area contributed by atoms with E-state index in [1.165, 1.54) is 20.2 Å². The van der Waals surface area contributed by atoms with Gasteiger partial charge in [-0.1, -0.05) is 6.07 Å². The van der Waals surface area contributed by atoms with Gasteiger partial charge < -0.3 is 4.74 Å². The van der Waals surface area contributed by atoms with Gasteiger partial charge in [-0.2, -0.15) is 0 Å². The standard InChI is InChI=1S/C11H15NO4S/c1-9(7-11(13)16-2)17(14,15)8-10-5-3-4-6-12-10/h3-6,9H,7-8H2,1-2H3. The fraction of sp³-hybridized carbons (Fsp3) is 0.455. The lowest BCUT2D eigenvalue weighted by Crippen LogP contribution is -2.23. The van der Waals surface area contributed by atoms with E-state index in [1.807, 2.05) is 0 Å². The van der Waals surface area contributed by atoms with E-state index in [0.29, 0.717) is 5.69 Å². The largest absolute Gasteiger partial charge is 0.469 e. The first kappa shape index (κ1) is 13.6. The third-order valence-corrected chi connectivity index (χ3v) is 4.46. The van der Waals surface area contributed by atoms with Gasteiger partial charge in [-0.25, -0.2) is 8.42 Å². The predicted molar refractivity (Wildman–Crippen MR) is 63.0 cm³/mol. The minimum atomic E-state index is -3.38. The summed E-state index contributed by atoms with van der Waals surface area (Å²) < 4.78 is 28.3. The topological polar surface area (TPSA) is 73.3 Å². The number of aromatic nitrogens is 1. The molecule has 0 saturated heterocycles. The van der Waals surface area contributed by atoms with Gasteiger partial charge in [0, 0.05) is 6.20 Å². The number of carbonyl (C=O) groups is 1. The third kappa shape index (κ3) is 4.14. The van der Waals surface area contributed by atoms with Crippen LogP contribution in [0, 0.1) is 0 Å². The lowest BCUT2D eigenvalue weighted by molar-refractivity contribution is -0.140. The molecule has 17 heavy (non-hydrogen) atoms. The fourth-order valence-corrected chi connectivity index (χ4v) is 2.53. The predicted octanol–water partition coefficient (Wildman–Crippen LogP) is 0.948. The number of pyridine rings is 1. The van der Waals surface area contributed by atoms with Crippen LogP contribution in [0.2, 0.25) is 0 Å². The molecule has 94 valence electrons. The van der Waals surface area contributed by atoms with E-state index in [9.17, 15) is 13.2 Å². The van der Waals surface area contributed by atoms with Crippen molar-refractivity contribution in [3.63, 3.8) is 0 Å². The molecule has 1 aromatic rings. The van der Waals surface area contributed by atoms with Gasteiger partial charge in [-0.05, 0) is 19.1 Å². The van der Waals surface area contributed by atoms with Crippen molar-refractivity contribution in [1.82, 2.24) is 4.98 Å². The Morgan fingerprint density at radius 1 is 1.47 bits per heavy atom. The number of esters is 1. The summed E-state index contributed by atoms with van der Waals surface area (Å²) in [6.07, 6.45) is 1.40. The molecule has 1 atom stereocenters. The van der Waals surface area contributed by atoms with Crippen LogP contribution in [0.15, 0.2) is 24.4 Å². The Balaban J connectivity index is 2.72. The van der Waals surface area contributed by atoms with Crippen LogP contribution >= 0.6 is 0 Å². The van der Waals surface area contributed by atoms with Crippen LogP contribution in [-0.4, -0.2) is 31.7 Å². The fourth-order valence-electron chi connectivity index (χ4n) is 1.28. The molecule has 0 aliphatic heterocycles. The van der Waals surface area contributed by atoms with Crippen LogP contribution in [-0.2, 0) is 25.1 Å². The van der Waals surface area contributed by atoms with Gasteiger partial charge in [-0.3, -0.25) is 9.78 Å². The molecule has 0 amide bonds. The van der Waals surface area contributed by atoms with Crippen molar-refractivity contribution in [2.45, 2.75) is 24.3 Å². The van der Waals surface area contributed by atoms with Gasteiger partial charge in [-0.15, -0.1) is 0 Å². The van der Waals surface area contributed by atoms with Gasteiger partial charge >= 0.3 is 5.97 Å². The van der Waals surface area contributed by atoms with Crippen molar-refractivity contribution in [1.29, 1.82) is 0 Å². The summed E-state index contributed by atoms with van der Waals surface area (Å²) in [5, 5.41) is -0.767. The number of methoxy groups -OCH3 is 1. The van der Waals surface area contributed by atoms with E-state index in [4.69, 9.17) is 0 Å². The first-order valence-corrected chi connectivity index (χ1v) is 6.85. The molecule has 0 saturated carbocycles. The van der Waals surface area contributed by atoms with E-state index in [-0.39, 0.29) is 12.2 Å². The van der Waals surface area contributed by atoms with E-state index in [0.717, 1.165) is 0 Å². The molecule has 1 aromatic heterocycles. The van der Waals surface area contributed by atoms with Crippen molar-refractivity contribution >= 4 is 15.8 Å². The van der Waals surface area contributed by atoms with Gasteiger partial charge in [0.15, 0.2) is 9.84 Å². The first-order valence-electron chi connectivity index (χ1n) is 5.14. The second kappa shape index (κ2) is 5.77. The summed E-state index contributed by atoms with van der Waals surface area (Å²) in [5.74, 6) is -0.687. The SMILES string of the molecule is COC(=O)CC(C)S(=O)(=O)Cc1ccccn1. The molecule has 0 radical (unpaired) electrons. The monoisotopic (exact) mass is 257 g/mol. The summed E-state index contributed by atoms with van der Waals surface area (Å²) in [6.45, 7) is 1.50. The van der Waals surface area contributed by atoms with Gasteiger partial charge in [0.2, 0.25) is 0 Å². The Bertz CT molecular complexity index is 470. The minimum Gasteiger partial charge on any atom is -0.469 e. The molecule has 1 rings (SSSR count). The molecular formula is C11H15NO4S. The summed E-state index contributed by atoms with van der Waals surface area (Å²) in [4.78, 5) is 15.0. The normalized spacial score (nSPS) is 13.1. The zero-order valence-electron chi connectivity index (χ0n) is 9.79. The molecule has 0 fully saturated rings. The van der Waals surface area contributed by atoms with E-state index in [2.05, 4.69) is 9.72 Å². The number of sulfone groups is 1. The van der Waals surface area contributed by atoms with Crippen LogP contribution in [0.25, 0.3) is 0 Å². The maximum absolute atomic E-state index is 11.9. The van der Waals surface area contributed by atoms with Gasteiger partial charge in [0.25, 0.3) is 0 Å². The van der Waals surface area contributed by atoms with Gasteiger partial charge in [0.1, 0.15) is 0 Å². The zero-order chi connectivity index (χ0) is 12.9. The molecule has 0 aliphatic carbocycles. The molecule has 1 heterocycles. The van der Waals surface area contributed by atoms with Crippen LogP contribution < -0.4 is 0 Å². The lowest BCUT2D eigenvalue weighted by Gasteiger charge is -2.11. The highest BCUT2D eigenvalue weighted by atomic mass is 32.2. The second-order valence-electron chi connectivity index (χ2n) is 3.72. The number of nitrogens with zero attached hydrogens (tertiary/aromatic N) is 1. The van der Waals surface area contributed by atoms with Crippen LogP contribution in [0.5, 0.6) is 0 Å². The zero-order valence-corrected chi connectivity index (χ0v) is 10.6. The Kier molecular flexibility index (Phi) is 4.62. The minimum absolute atomic E-state index is 0.133. The molecule has 0 spiro atoms. The first-order chi connectivity index (χ1) is 7.95. The van der Waals surface area contributed by atoms with Crippen molar-refractivity contribution in [3.8, 4) is 0 Å². The van der Waals surface area contributed by atoms with Crippen molar-refractivity contribution in [2.75, 3.05) is 7.11 Å². The summed E-state index contributed by atoms with van der Waals surface area (Å²) in [6, 6.07) is 5.08. The highest BCUT2D eigenvalue weighted by Gasteiger charge is 2.24. The van der Waals surface area contributed by atoms with Crippen LogP contribution in [0.3, 0.4) is 0 Å². The Labute approximate surface area is 101 Å². The maximum Gasteiger partial charge on any atom is 0.306 e. The Morgan fingerprint density at radius 2 is 2.18 bits per heavy atom. The summed E-state index contributed by atoms with van der Waals surface area (Å²) in [7, 11) is -2.15. The number of ether oxygens (including phenoxy) is 1. The highest BCUT2D eigenvalue weighted by molar-refractivity contribution is 7.91. The van der Waals surface area contributed by atoms with Crippen molar-refractivity contribution in [2.24, 2.45) is 0 Å². The molecule has 0 bridgehead atoms. The molecule has 6 heteroatoms. The molecule has 5 nitrogen and oxygen atoms in total. The summed E-state index contributed by atoms with van der Waals surface area (Å²) >= 11 is 0. The maximum atomic E-state index is 11.9. The lowest BCUT2D eigenvalue weighted by atomic mass is 10.3. The van der Waals surface area contributed by atoms with E-state index >= 15 is 0 Å². The van der Waals surface area contributed by atoms with E-state index in [1.54, 1.807) is 18.2 Å². The quantitative estimate of drug-likeness (QED) is 0.734. The molecule has 0 aromatic carbocycles. The Morgan fingerprint density at radius 3 is 2.71 bits per heavy atom. The smallest absolute Gasteiger partial charge is 0.306 e.